The average Bonchev–Trinajstić information content (AvgIpc) is 3.14. The van der Waals surface area contributed by atoms with Crippen molar-refractivity contribution in [3.05, 3.63) is 69.6 Å². The van der Waals surface area contributed by atoms with Crippen LogP contribution in [0.4, 0.5) is 5.69 Å². The van der Waals surface area contributed by atoms with E-state index < -0.39 is 10.9 Å². The van der Waals surface area contributed by atoms with Crippen molar-refractivity contribution >= 4 is 35.0 Å². The number of esters is 1. The molecule has 0 fully saturated rings. The molecule has 138 valence electrons. The van der Waals surface area contributed by atoms with E-state index in [1.54, 1.807) is 42.5 Å². The van der Waals surface area contributed by atoms with E-state index in [1.165, 1.54) is 6.07 Å². The zero-order valence-corrected chi connectivity index (χ0v) is 15.3. The van der Waals surface area contributed by atoms with Crippen molar-refractivity contribution in [3.63, 3.8) is 0 Å². The summed E-state index contributed by atoms with van der Waals surface area (Å²) in [4.78, 5) is 26.9. The van der Waals surface area contributed by atoms with Gasteiger partial charge < -0.3 is 9.26 Å². The van der Waals surface area contributed by atoms with Gasteiger partial charge in [0.25, 0.3) is 11.6 Å². The summed E-state index contributed by atoms with van der Waals surface area (Å²) in [6, 6.07) is 13.1. The minimum Gasteiger partial charge on any atom is -0.455 e. The number of nitrogens with zero attached hydrogens (tertiary/aromatic N) is 3. The van der Waals surface area contributed by atoms with Gasteiger partial charge in [0.15, 0.2) is 6.61 Å². The number of aromatic nitrogens is 2. The predicted molar refractivity (Wildman–Crippen MR) is 98.4 cm³/mol. The van der Waals surface area contributed by atoms with Crippen molar-refractivity contribution in [3.8, 4) is 11.4 Å². The first-order chi connectivity index (χ1) is 13.0. The highest BCUT2D eigenvalue weighted by molar-refractivity contribution is 8.00. The van der Waals surface area contributed by atoms with Gasteiger partial charge in [0, 0.05) is 16.7 Å². The van der Waals surface area contributed by atoms with E-state index in [2.05, 4.69) is 10.1 Å². The molecule has 0 radical (unpaired) electrons. The van der Waals surface area contributed by atoms with Crippen LogP contribution in [0.3, 0.4) is 0 Å². The number of thioether (sulfide) groups is 1. The van der Waals surface area contributed by atoms with Crippen LogP contribution in [0.25, 0.3) is 11.4 Å². The monoisotopic (exact) mass is 405 g/mol. The molecular formula is C17H12ClN3O5S. The SMILES string of the molecule is O=C(CSc1ccccc1[N+](=O)[O-])OCc1nc(-c2ccc(Cl)cc2)no1. The van der Waals surface area contributed by atoms with E-state index in [4.69, 9.17) is 20.9 Å². The molecule has 1 aromatic heterocycles. The molecule has 2 aromatic carbocycles. The highest BCUT2D eigenvalue weighted by Gasteiger charge is 2.16. The molecule has 0 atom stereocenters. The Labute approximate surface area is 162 Å². The van der Waals surface area contributed by atoms with Crippen LogP contribution in [0.1, 0.15) is 5.89 Å². The number of para-hydroxylation sites is 1. The van der Waals surface area contributed by atoms with Crippen LogP contribution in [-0.4, -0.2) is 26.8 Å². The Kier molecular flexibility index (Phi) is 6.05. The van der Waals surface area contributed by atoms with Gasteiger partial charge in [-0.05, 0) is 30.3 Å². The van der Waals surface area contributed by atoms with Gasteiger partial charge in [0.1, 0.15) is 0 Å². The van der Waals surface area contributed by atoms with E-state index >= 15 is 0 Å². The fraction of sp³-hybridized carbons (Fsp3) is 0.118. The standard InChI is InChI=1S/C17H12ClN3O5S/c18-12-7-5-11(6-8-12)17-19-15(26-20-17)9-25-16(22)10-27-14-4-2-1-3-13(14)21(23)24/h1-8H,9-10H2. The third-order valence-electron chi connectivity index (χ3n) is 3.33. The van der Waals surface area contributed by atoms with Crippen molar-refractivity contribution < 1.29 is 19.0 Å². The third kappa shape index (κ3) is 5.05. The number of nitro groups is 1. The number of benzene rings is 2. The Balaban J connectivity index is 1.53. The lowest BCUT2D eigenvalue weighted by Crippen LogP contribution is -2.07. The van der Waals surface area contributed by atoms with Gasteiger partial charge in [0.05, 0.1) is 15.6 Å². The molecule has 0 aliphatic heterocycles. The quantitative estimate of drug-likeness (QED) is 0.250. The number of halogens is 1. The maximum absolute atomic E-state index is 11.9. The normalized spacial score (nSPS) is 10.6. The van der Waals surface area contributed by atoms with Gasteiger partial charge in [-0.3, -0.25) is 14.9 Å². The van der Waals surface area contributed by atoms with Crippen molar-refractivity contribution in [2.75, 3.05) is 5.75 Å². The van der Waals surface area contributed by atoms with Crippen LogP contribution in [0.5, 0.6) is 0 Å². The summed E-state index contributed by atoms with van der Waals surface area (Å²) in [5, 5.41) is 15.4. The van der Waals surface area contributed by atoms with Crippen LogP contribution in [0.2, 0.25) is 5.02 Å². The lowest BCUT2D eigenvalue weighted by Gasteiger charge is -2.03. The molecule has 8 nitrogen and oxygen atoms in total. The van der Waals surface area contributed by atoms with E-state index in [0.29, 0.717) is 21.3 Å². The maximum Gasteiger partial charge on any atom is 0.316 e. The minimum atomic E-state index is -0.551. The van der Waals surface area contributed by atoms with Crippen molar-refractivity contribution in [1.29, 1.82) is 0 Å². The zero-order valence-electron chi connectivity index (χ0n) is 13.7. The molecule has 0 amide bonds. The zero-order chi connectivity index (χ0) is 19.2. The summed E-state index contributed by atoms with van der Waals surface area (Å²) in [6.07, 6.45) is 0. The average molecular weight is 406 g/mol. The third-order valence-corrected chi connectivity index (χ3v) is 4.62. The van der Waals surface area contributed by atoms with Crippen LogP contribution >= 0.6 is 23.4 Å². The number of rotatable bonds is 7. The second-order valence-electron chi connectivity index (χ2n) is 5.19. The molecular weight excluding hydrogens is 394 g/mol. The highest BCUT2D eigenvalue weighted by atomic mass is 35.5. The molecule has 0 saturated heterocycles. The Morgan fingerprint density at radius 1 is 1.22 bits per heavy atom. The first kappa shape index (κ1) is 18.9. The Bertz CT molecular complexity index is 961. The fourth-order valence-electron chi connectivity index (χ4n) is 2.08. The highest BCUT2D eigenvalue weighted by Crippen LogP contribution is 2.28. The minimum absolute atomic E-state index is 0.0557. The van der Waals surface area contributed by atoms with Gasteiger partial charge in [0.2, 0.25) is 5.82 Å². The van der Waals surface area contributed by atoms with E-state index in [0.717, 1.165) is 11.8 Å². The summed E-state index contributed by atoms with van der Waals surface area (Å²) >= 11 is 6.86. The Morgan fingerprint density at radius 3 is 2.70 bits per heavy atom. The molecule has 1 heterocycles. The molecule has 0 spiro atoms. The number of hydrogen-bond donors (Lipinski definition) is 0. The van der Waals surface area contributed by atoms with Gasteiger partial charge in [-0.2, -0.15) is 4.98 Å². The number of nitro benzene ring substituents is 1. The molecule has 0 unspecified atom stereocenters. The van der Waals surface area contributed by atoms with Crippen molar-refractivity contribution in [1.82, 2.24) is 10.1 Å². The molecule has 27 heavy (non-hydrogen) atoms. The number of hydrogen-bond acceptors (Lipinski definition) is 8. The second kappa shape index (κ2) is 8.65. The van der Waals surface area contributed by atoms with Gasteiger partial charge in [-0.1, -0.05) is 28.9 Å². The summed E-state index contributed by atoms with van der Waals surface area (Å²) in [5.74, 6) is -0.136. The molecule has 0 saturated carbocycles. The summed E-state index contributed by atoms with van der Waals surface area (Å²) in [7, 11) is 0. The van der Waals surface area contributed by atoms with Crippen LogP contribution in [-0.2, 0) is 16.1 Å². The fourth-order valence-corrected chi connectivity index (χ4v) is 3.03. The molecule has 3 aromatic rings. The van der Waals surface area contributed by atoms with E-state index in [9.17, 15) is 14.9 Å². The van der Waals surface area contributed by atoms with Crippen molar-refractivity contribution in [2.45, 2.75) is 11.5 Å². The van der Waals surface area contributed by atoms with Gasteiger partial charge in [-0.15, -0.1) is 11.8 Å². The van der Waals surface area contributed by atoms with Gasteiger partial charge >= 0.3 is 5.97 Å². The number of carbonyl (C=O) groups excluding carboxylic acids is 1. The van der Waals surface area contributed by atoms with Crippen LogP contribution in [0, 0.1) is 10.1 Å². The summed E-state index contributed by atoms with van der Waals surface area (Å²) in [5.41, 5.74) is 0.660. The molecule has 0 bridgehead atoms. The number of carbonyl (C=O) groups is 1. The molecule has 10 heteroatoms. The van der Waals surface area contributed by atoms with Crippen molar-refractivity contribution in [2.24, 2.45) is 0 Å². The second-order valence-corrected chi connectivity index (χ2v) is 6.65. The van der Waals surface area contributed by atoms with Crippen LogP contribution < -0.4 is 0 Å². The Hall–Kier alpha value is -2.91. The lowest BCUT2D eigenvalue weighted by atomic mass is 10.2. The Morgan fingerprint density at radius 2 is 1.96 bits per heavy atom. The first-order valence-corrected chi connectivity index (χ1v) is 8.99. The van der Waals surface area contributed by atoms with E-state index in [-0.39, 0.29) is 23.9 Å². The molecule has 3 rings (SSSR count). The number of ether oxygens (including phenoxy) is 1. The molecule has 0 aliphatic carbocycles. The summed E-state index contributed by atoms with van der Waals surface area (Å²) in [6.45, 7) is -0.184. The maximum atomic E-state index is 11.9. The smallest absolute Gasteiger partial charge is 0.316 e. The topological polar surface area (TPSA) is 108 Å². The predicted octanol–water partition coefficient (Wildman–Crippen LogP) is 4.13. The first-order valence-electron chi connectivity index (χ1n) is 7.63. The largest absolute Gasteiger partial charge is 0.455 e. The summed E-state index contributed by atoms with van der Waals surface area (Å²) < 4.78 is 10.1. The molecule has 0 aliphatic rings. The molecule has 0 N–H and O–H groups in total. The van der Waals surface area contributed by atoms with E-state index in [1.807, 2.05) is 0 Å². The van der Waals surface area contributed by atoms with Gasteiger partial charge in [-0.25, -0.2) is 0 Å². The van der Waals surface area contributed by atoms with Crippen LogP contribution in [0.15, 0.2) is 57.9 Å². The lowest BCUT2D eigenvalue weighted by molar-refractivity contribution is -0.387.